The third kappa shape index (κ3) is 4.13. The Hall–Kier alpha value is -3.34. The van der Waals surface area contributed by atoms with Gasteiger partial charge in [-0.25, -0.2) is 0 Å². The first-order chi connectivity index (χ1) is 15.3. The maximum atomic E-state index is 13.3. The van der Waals surface area contributed by atoms with Crippen LogP contribution in [0.25, 0.3) is 0 Å². The summed E-state index contributed by atoms with van der Waals surface area (Å²) in [5.41, 5.74) is 4.80. The van der Waals surface area contributed by atoms with Crippen LogP contribution in [0.3, 0.4) is 0 Å². The molecule has 3 aromatic rings. The summed E-state index contributed by atoms with van der Waals surface area (Å²) >= 11 is 0. The summed E-state index contributed by atoms with van der Waals surface area (Å²) in [6.07, 6.45) is 3.34. The molecule has 1 amide bonds. The number of benzene rings is 2. The molecule has 31 heavy (non-hydrogen) atoms. The van der Waals surface area contributed by atoms with E-state index in [4.69, 9.17) is 0 Å². The molecule has 1 N–H and O–H groups in total. The number of carbonyl (C=O) groups excluding carboxylic acids is 1. The van der Waals surface area contributed by atoms with Crippen LogP contribution in [-0.4, -0.2) is 43.1 Å². The third-order valence-corrected chi connectivity index (χ3v) is 6.49. The van der Waals surface area contributed by atoms with Gasteiger partial charge in [-0.05, 0) is 42.3 Å². The second-order valence-electron chi connectivity index (χ2n) is 8.34. The third-order valence-electron chi connectivity index (χ3n) is 6.49. The molecular weight excluding hydrogens is 384 g/mol. The fourth-order valence-electron chi connectivity index (χ4n) is 4.92. The molecule has 5 rings (SSSR count). The molecular formula is C26H28N4O. The minimum Gasteiger partial charge on any atom is -0.368 e. The Kier molecular flexibility index (Phi) is 5.57. The van der Waals surface area contributed by atoms with E-state index in [2.05, 4.69) is 74.7 Å². The number of nitrogens with zero attached hydrogens (tertiary/aromatic N) is 3. The zero-order valence-electron chi connectivity index (χ0n) is 17.7. The van der Waals surface area contributed by atoms with E-state index in [0.717, 1.165) is 38.2 Å². The summed E-state index contributed by atoms with van der Waals surface area (Å²) in [4.78, 5) is 22.6. The van der Waals surface area contributed by atoms with Crippen LogP contribution in [-0.2, 0) is 17.6 Å². The standard InChI is InChI=1S/C26H28N4O/c31-26(28-15-13-21-9-6-7-14-27-21)23-18-20-8-4-5-12-24(20)30-17-16-29(19-25(23)30)22-10-2-1-3-11-22/h1-12,14,23,25H,13,15-19H2,(H,28,31). The number of nitrogens with one attached hydrogen (secondary N) is 1. The zero-order valence-corrected chi connectivity index (χ0v) is 17.7. The lowest BCUT2D eigenvalue weighted by Gasteiger charge is -2.49. The molecule has 0 spiro atoms. The number of piperazine rings is 1. The van der Waals surface area contributed by atoms with Crippen molar-refractivity contribution in [1.82, 2.24) is 10.3 Å². The molecule has 2 aliphatic rings. The first-order valence-corrected chi connectivity index (χ1v) is 11.1. The zero-order chi connectivity index (χ0) is 21.0. The number of fused-ring (bicyclic) bond motifs is 3. The molecule has 2 unspecified atom stereocenters. The Morgan fingerprint density at radius 1 is 0.968 bits per heavy atom. The molecule has 0 radical (unpaired) electrons. The van der Waals surface area contributed by atoms with Crippen LogP contribution >= 0.6 is 0 Å². The van der Waals surface area contributed by atoms with Gasteiger partial charge >= 0.3 is 0 Å². The van der Waals surface area contributed by atoms with Crippen molar-refractivity contribution in [2.24, 2.45) is 5.92 Å². The molecule has 2 aromatic carbocycles. The van der Waals surface area contributed by atoms with Crippen molar-refractivity contribution in [1.29, 1.82) is 0 Å². The van der Waals surface area contributed by atoms with Crippen LogP contribution < -0.4 is 15.1 Å². The fourth-order valence-corrected chi connectivity index (χ4v) is 4.92. The van der Waals surface area contributed by atoms with Gasteiger partial charge in [-0.15, -0.1) is 0 Å². The average molecular weight is 413 g/mol. The van der Waals surface area contributed by atoms with E-state index in [1.807, 2.05) is 18.2 Å². The van der Waals surface area contributed by atoms with Gasteiger partial charge < -0.3 is 15.1 Å². The first-order valence-electron chi connectivity index (χ1n) is 11.1. The molecule has 2 atom stereocenters. The quantitative estimate of drug-likeness (QED) is 0.699. The summed E-state index contributed by atoms with van der Waals surface area (Å²) in [6, 6.07) is 25.2. The normalized spacial score (nSPS) is 20.0. The van der Waals surface area contributed by atoms with Crippen LogP contribution in [0.15, 0.2) is 79.0 Å². The first kappa shape index (κ1) is 19.6. The van der Waals surface area contributed by atoms with Crippen LogP contribution in [0, 0.1) is 5.92 Å². The Morgan fingerprint density at radius 2 is 1.77 bits per heavy atom. The topological polar surface area (TPSA) is 48.5 Å². The fraction of sp³-hybridized carbons (Fsp3) is 0.308. The van der Waals surface area contributed by atoms with Gasteiger partial charge in [0.1, 0.15) is 0 Å². The van der Waals surface area contributed by atoms with Crippen molar-refractivity contribution in [2.45, 2.75) is 18.9 Å². The monoisotopic (exact) mass is 412 g/mol. The Bertz CT molecular complexity index is 1020. The Balaban J connectivity index is 1.34. The predicted octanol–water partition coefficient (Wildman–Crippen LogP) is 3.31. The highest BCUT2D eigenvalue weighted by atomic mass is 16.1. The molecule has 5 nitrogen and oxygen atoms in total. The highest BCUT2D eigenvalue weighted by Gasteiger charge is 2.41. The lowest BCUT2D eigenvalue weighted by molar-refractivity contribution is -0.125. The van der Waals surface area contributed by atoms with E-state index in [1.54, 1.807) is 6.20 Å². The van der Waals surface area contributed by atoms with Crippen LogP contribution in [0.5, 0.6) is 0 Å². The van der Waals surface area contributed by atoms with Crippen LogP contribution in [0.1, 0.15) is 11.3 Å². The summed E-state index contributed by atoms with van der Waals surface area (Å²) < 4.78 is 0. The largest absolute Gasteiger partial charge is 0.368 e. The average Bonchev–Trinajstić information content (AvgIpc) is 2.84. The number of carbonyl (C=O) groups is 1. The van der Waals surface area contributed by atoms with E-state index < -0.39 is 0 Å². The van der Waals surface area contributed by atoms with Crippen molar-refractivity contribution >= 4 is 17.3 Å². The molecule has 2 aliphatic heterocycles. The van der Waals surface area contributed by atoms with Gasteiger partial charge in [0.15, 0.2) is 0 Å². The lowest BCUT2D eigenvalue weighted by atomic mass is 9.83. The van der Waals surface area contributed by atoms with Gasteiger partial charge in [0.25, 0.3) is 0 Å². The lowest BCUT2D eigenvalue weighted by Crippen LogP contribution is -2.61. The second kappa shape index (κ2) is 8.80. The van der Waals surface area contributed by atoms with Gasteiger partial charge in [0.2, 0.25) is 5.91 Å². The van der Waals surface area contributed by atoms with E-state index in [9.17, 15) is 4.79 Å². The Morgan fingerprint density at radius 3 is 2.61 bits per heavy atom. The maximum absolute atomic E-state index is 13.3. The molecule has 0 saturated carbocycles. The molecule has 0 bridgehead atoms. The predicted molar refractivity (Wildman–Crippen MR) is 124 cm³/mol. The highest BCUT2D eigenvalue weighted by Crippen LogP contribution is 2.36. The number of amides is 1. The number of hydrogen-bond donors (Lipinski definition) is 1. The molecule has 1 fully saturated rings. The molecule has 1 aromatic heterocycles. The number of rotatable bonds is 5. The molecule has 158 valence electrons. The van der Waals surface area contributed by atoms with Gasteiger partial charge in [0, 0.05) is 55.9 Å². The number of aromatic nitrogens is 1. The van der Waals surface area contributed by atoms with Crippen LogP contribution in [0.2, 0.25) is 0 Å². The van der Waals surface area contributed by atoms with E-state index >= 15 is 0 Å². The van der Waals surface area contributed by atoms with Crippen molar-refractivity contribution in [3.8, 4) is 0 Å². The summed E-state index contributed by atoms with van der Waals surface area (Å²) in [5.74, 6) is 0.0838. The molecule has 1 saturated heterocycles. The summed E-state index contributed by atoms with van der Waals surface area (Å²) in [5, 5.41) is 3.20. The van der Waals surface area contributed by atoms with Gasteiger partial charge in [0.05, 0.1) is 12.0 Å². The minimum atomic E-state index is -0.0647. The smallest absolute Gasteiger partial charge is 0.225 e. The summed E-state index contributed by atoms with van der Waals surface area (Å²) in [6.45, 7) is 3.36. The molecule has 3 heterocycles. The van der Waals surface area contributed by atoms with Crippen molar-refractivity contribution < 1.29 is 4.79 Å². The van der Waals surface area contributed by atoms with Gasteiger partial charge in [-0.2, -0.15) is 0 Å². The number of para-hydroxylation sites is 2. The summed E-state index contributed by atoms with van der Waals surface area (Å²) in [7, 11) is 0. The van der Waals surface area contributed by atoms with Gasteiger partial charge in [-0.1, -0.05) is 42.5 Å². The Labute approximate surface area is 183 Å². The van der Waals surface area contributed by atoms with Gasteiger partial charge in [-0.3, -0.25) is 9.78 Å². The number of pyridine rings is 1. The highest BCUT2D eigenvalue weighted by molar-refractivity contribution is 5.82. The van der Waals surface area contributed by atoms with Crippen molar-refractivity contribution in [3.63, 3.8) is 0 Å². The number of hydrogen-bond acceptors (Lipinski definition) is 4. The van der Waals surface area contributed by atoms with E-state index in [1.165, 1.54) is 16.9 Å². The SMILES string of the molecule is O=C(NCCc1ccccn1)C1Cc2ccccc2N2CCN(c3ccccc3)CC12. The molecule has 5 heteroatoms. The maximum Gasteiger partial charge on any atom is 0.225 e. The number of anilines is 2. The van der Waals surface area contributed by atoms with E-state index in [-0.39, 0.29) is 17.9 Å². The van der Waals surface area contributed by atoms with Crippen molar-refractivity contribution in [3.05, 3.63) is 90.3 Å². The minimum absolute atomic E-state index is 0.0647. The second-order valence-corrected chi connectivity index (χ2v) is 8.34. The van der Waals surface area contributed by atoms with E-state index in [0.29, 0.717) is 6.54 Å². The molecule has 0 aliphatic carbocycles. The van der Waals surface area contributed by atoms with Crippen molar-refractivity contribution in [2.75, 3.05) is 36.0 Å². The van der Waals surface area contributed by atoms with Crippen LogP contribution in [0.4, 0.5) is 11.4 Å².